The second kappa shape index (κ2) is 4.18. The third-order valence-corrected chi connectivity index (χ3v) is 2.28. The van der Waals surface area contributed by atoms with Gasteiger partial charge in [-0.1, -0.05) is 0 Å². The zero-order valence-electron chi connectivity index (χ0n) is 9.73. The Morgan fingerprint density at radius 3 is 2.50 bits per heavy atom. The van der Waals surface area contributed by atoms with Crippen molar-refractivity contribution in [2.75, 3.05) is 13.1 Å². The van der Waals surface area contributed by atoms with Crippen molar-refractivity contribution in [3.05, 3.63) is 0 Å². The molecule has 94 valence electrons. The number of halogens is 1. The molecule has 1 saturated heterocycles. The number of hydrogen-bond donors (Lipinski definition) is 2. The molecule has 0 aromatic rings. The number of amides is 1. The topological polar surface area (TPSA) is 70.0 Å². The zero-order chi connectivity index (χ0) is 12.6. The van der Waals surface area contributed by atoms with Crippen LogP contribution in [0, 0.1) is 0 Å². The van der Waals surface area contributed by atoms with E-state index in [0.29, 0.717) is 0 Å². The van der Waals surface area contributed by atoms with Gasteiger partial charge in [0.15, 0.2) is 12.0 Å². The van der Waals surface area contributed by atoms with Crippen molar-refractivity contribution in [2.45, 2.75) is 44.8 Å². The van der Waals surface area contributed by atoms with Gasteiger partial charge in [0, 0.05) is 13.0 Å². The summed E-state index contributed by atoms with van der Waals surface area (Å²) in [5.41, 5.74) is -0.643. The number of likely N-dealkylation sites (tertiary alicyclic amines) is 1. The van der Waals surface area contributed by atoms with E-state index in [1.807, 2.05) is 0 Å². The number of aliphatic hydroxyl groups is 2. The molecule has 0 aliphatic carbocycles. The van der Waals surface area contributed by atoms with Crippen molar-refractivity contribution in [2.24, 2.45) is 0 Å². The number of piperidine rings is 1. The normalized spacial score (nSPS) is 25.4. The van der Waals surface area contributed by atoms with Crippen LogP contribution in [-0.2, 0) is 4.74 Å². The summed E-state index contributed by atoms with van der Waals surface area (Å²) in [5, 5.41) is 18.4. The smallest absolute Gasteiger partial charge is 0.410 e. The van der Waals surface area contributed by atoms with E-state index in [0.717, 1.165) is 4.90 Å². The van der Waals surface area contributed by atoms with Crippen molar-refractivity contribution in [1.29, 1.82) is 0 Å². The fourth-order valence-corrected chi connectivity index (χ4v) is 1.38. The Hall–Kier alpha value is -0.880. The van der Waals surface area contributed by atoms with Gasteiger partial charge in [-0.15, -0.1) is 0 Å². The number of ether oxygens (including phenoxy) is 1. The average molecular weight is 235 g/mol. The van der Waals surface area contributed by atoms with E-state index in [4.69, 9.17) is 4.74 Å². The molecule has 5 nitrogen and oxygen atoms in total. The fraction of sp³-hybridized carbons (Fsp3) is 0.900. The van der Waals surface area contributed by atoms with Gasteiger partial charge in [0.25, 0.3) is 0 Å². The highest BCUT2D eigenvalue weighted by molar-refractivity contribution is 5.68. The monoisotopic (exact) mass is 235 g/mol. The van der Waals surface area contributed by atoms with Crippen molar-refractivity contribution in [1.82, 2.24) is 4.90 Å². The lowest BCUT2D eigenvalue weighted by Gasteiger charge is -2.37. The Labute approximate surface area is 93.8 Å². The summed E-state index contributed by atoms with van der Waals surface area (Å²) in [6.45, 7) is 4.85. The standard InChI is InChI=1S/C10H18FNO4/c1-9(2,3)16-8(13)12-5-4-10(14,15)7(11)6-12/h7,14-15H,4-6H2,1-3H3. The van der Waals surface area contributed by atoms with Crippen LogP contribution in [0.25, 0.3) is 0 Å². The van der Waals surface area contributed by atoms with Crippen molar-refractivity contribution in [3.63, 3.8) is 0 Å². The van der Waals surface area contributed by atoms with Crippen LogP contribution in [-0.4, -0.2) is 51.9 Å². The van der Waals surface area contributed by atoms with Gasteiger partial charge < -0.3 is 19.8 Å². The molecule has 0 saturated carbocycles. The van der Waals surface area contributed by atoms with Gasteiger partial charge in [-0.05, 0) is 20.8 Å². The molecular formula is C10H18FNO4. The minimum atomic E-state index is -2.33. The molecule has 0 bridgehead atoms. The first kappa shape index (κ1) is 13.2. The molecular weight excluding hydrogens is 217 g/mol. The zero-order valence-corrected chi connectivity index (χ0v) is 9.73. The van der Waals surface area contributed by atoms with E-state index in [1.54, 1.807) is 20.8 Å². The van der Waals surface area contributed by atoms with Crippen molar-refractivity contribution < 1.29 is 24.1 Å². The lowest BCUT2D eigenvalue weighted by atomic mass is 10.0. The third-order valence-electron chi connectivity index (χ3n) is 2.28. The quantitative estimate of drug-likeness (QED) is 0.605. The highest BCUT2D eigenvalue weighted by Crippen LogP contribution is 2.23. The molecule has 0 aromatic heterocycles. The van der Waals surface area contributed by atoms with Gasteiger partial charge in [-0.3, -0.25) is 0 Å². The predicted molar refractivity (Wildman–Crippen MR) is 54.5 cm³/mol. The highest BCUT2D eigenvalue weighted by Gasteiger charge is 2.42. The van der Waals surface area contributed by atoms with E-state index in [2.05, 4.69) is 0 Å². The van der Waals surface area contributed by atoms with E-state index in [9.17, 15) is 19.4 Å². The van der Waals surface area contributed by atoms with E-state index < -0.39 is 23.7 Å². The number of rotatable bonds is 0. The summed E-state index contributed by atoms with van der Waals surface area (Å²) in [5.74, 6) is -2.33. The molecule has 0 aromatic carbocycles. The second-order valence-electron chi connectivity index (χ2n) is 5.02. The summed E-state index contributed by atoms with van der Waals surface area (Å²) in [6, 6.07) is 0. The van der Waals surface area contributed by atoms with Crippen LogP contribution in [0.3, 0.4) is 0 Å². The predicted octanol–water partition coefficient (Wildman–Crippen LogP) is 0.646. The minimum absolute atomic E-state index is 0.0718. The van der Waals surface area contributed by atoms with Crippen LogP contribution in [0.2, 0.25) is 0 Å². The Kier molecular flexibility index (Phi) is 3.44. The molecule has 1 aliphatic rings. The maximum atomic E-state index is 13.3. The van der Waals surface area contributed by atoms with Gasteiger partial charge in [0.2, 0.25) is 0 Å². The highest BCUT2D eigenvalue weighted by atomic mass is 19.1. The molecule has 1 fully saturated rings. The van der Waals surface area contributed by atoms with Crippen molar-refractivity contribution in [3.8, 4) is 0 Å². The maximum Gasteiger partial charge on any atom is 0.410 e. The number of nitrogens with zero attached hydrogens (tertiary/aromatic N) is 1. The van der Waals surface area contributed by atoms with Crippen molar-refractivity contribution >= 4 is 6.09 Å². The summed E-state index contributed by atoms with van der Waals surface area (Å²) in [4.78, 5) is 12.7. The molecule has 2 N–H and O–H groups in total. The molecule has 0 radical (unpaired) electrons. The molecule has 1 amide bonds. The molecule has 16 heavy (non-hydrogen) atoms. The molecule has 1 atom stereocenters. The first-order valence-electron chi connectivity index (χ1n) is 5.18. The largest absolute Gasteiger partial charge is 0.444 e. The number of alkyl halides is 1. The van der Waals surface area contributed by atoms with Gasteiger partial charge in [-0.25, -0.2) is 9.18 Å². The first-order chi connectivity index (χ1) is 7.12. The fourth-order valence-electron chi connectivity index (χ4n) is 1.38. The summed E-state index contributed by atoms with van der Waals surface area (Å²) in [6.07, 6.45) is -2.72. The minimum Gasteiger partial charge on any atom is -0.444 e. The molecule has 1 heterocycles. The SMILES string of the molecule is CC(C)(C)OC(=O)N1CCC(O)(O)C(F)C1. The van der Waals surface area contributed by atoms with Crippen LogP contribution < -0.4 is 0 Å². The third kappa shape index (κ3) is 3.31. The van der Waals surface area contributed by atoms with Gasteiger partial charge >= 0.3 is 6.09 Å². The molecule has 1 rings (SSSR count). The maximum absolute atomic E-state index is 13.3. The lowest BCUT2D eigenvalue weighted by molar-refractivity contribution is -0.226. The Morgan fingerprint density at radius 1 is 1.50 bits per heavy atom. The van der Waals surface area contributed by atoms with Crippen LogP contribution >= 0.6 is 0 Å². The Morgan fingerprint density at radius 2 is 2.06 bits per heavy atom. The van der Waals surface area contributed by atoms with E-state index in [1.165, 1.54) is 0 Å². The molecule has 1 unspecified atom stereocenters. The lowest BCUT2D eigenvalue weighted by Crippen LogP contribution is -2.55. The van der Waals surface area contributed by atoms with Crippen LogP contribution in [0.1, 0.15) is 27.2 Å². The molecule has 6 heteroatoms. The molecule has 0 spiro atoms. The van der Waals surface area contributed by atoms with Gasteiger partial charge in [0.05, 0.1) is 6.54 Å². The van der Waals surface area contributed by atoms with Gasteiger partial charge in [-0.2, -0.15) is 0 Å². The summed E-state index contributed by atoms with van der Waals surface area (Å²) < 4.78 is 18.3. The van der Waals surface area contributed by atoms with Crippen LogP contribution in [0.5, 0.6) is 0 Å². The Bertz CT molecular complexity index is 274. The first-order valence-corrected chi connectivity index (χ1v) is 5.18. The summed E-state index contributed by atoms with van der Waals surface area (Å²) in [7, 11) is 0. The number of carbonyl (C=O) groups is 1. The second-order valence-corrected chi connectivity index (χ2v) is 5.02. The number of hydrogen-bond acceptors (Lipinski definition) is 4. The van der Waals surface area contributed by atoms with Crippen LogP contribution in [0.15, 0.2) is 0 Å². The van der Waals surface area contributed by atoms with Crippen LogP contribution in [0.4, 0.5) is 9.18 Å². The van der Waals surface area contributed by atoms with E-state index in [-0.39, 0.29) is 19.5 Å². The summed E-state index contributed by atoms with van der Waals surface area (Å²) >= 11 is 0. The average Bonchev–Trinajstić information content (AvgIpc) is 2.06. The van der Waals surface area contributed by atoms with E-state index >= 15 is 0 Å². The Balaban J connectivity index is 2.55. The van der Waals surface area contributed by atoms with Gasteiger partial charge in [0.1, 0.15) is 5.60 Å². The number of carbonyl (C=O) groups excluding carboxylic acids is 1. The molecule has 1 aliphatic heterocycles.